The third-order valence-electron chi connectivity index (χ3n) is 5.00. The van der Waals surface area contributed by atoms with Crippen molar-refractivity contribution in [2.45, 2.75) is 71.5 Å². The van der Waals surface area contributed by atoms with E-state index in [1.165, 1.54) is 24.8 Å². The first-order chi connectivity index (χ1) is 13.3. The van der Waals surface area contributed by atoms with Gasteiger partial charge in [0.25, 0.3) is 0 Å². The maximum atomic E-state index is 4.76. The predicted molar refractivity (Wildman–Crippen MR) is 125 cm³/mol. The fraction of sp³-hybridized carbons (Fsp3) is 0.571. The van der Waals surface area contributed by atoms with Crippen molar-refractivity contribution in [1.29, 1.82) is 0 Å². The Morgan fingerprint density at radius 2 is 2.00 bits per heavy atom. The fourth-order valence-electron chi connectivity index (χ4n) is 3.47. The molecule has 0 aliphatic carbocycles. The van der Waals surface area contributed by atoms with E-state index in [2.05, 4.69) is 69.6 Å². The van der Waals surface area contributed by atoms with Gasteiger partial charge in [0.2, 0.25) is 0 Å². The largest absolute Gasteiger partial charge is 0.357 e. The molecule has 2 aromatic rings. The number of fused-ring (bicyclic) bond motifs is 1. The van der Waals surface area contributed by atoms with Gasteiger partial charge in [0.05, 0.1) is 0 Å². The molecule has 0 radical (unpaired) electrons. The van der Waals surface area contributed by atoms with Crippen LogP contribution in [0.4, 0.5) is 0 Å². The third kappa shape index (κ3) is 6.76. The van der Waals surface area contributed by atoms with Gasteiger partial charge < -0.3 is 15.2 Å². The van der Waals surface area contributed by atoms with Gasteiger partial charge in [0.1, 0.15) is 12.4 Å². The molecule has 0 saturated heterocycles. The summed E-state index contributed by atoms with van der Waals surface area (Å²) in [6.45, 7) is 6.72. The first-order valence-electron chi connectivity index (χ1n) is 10.3. The Bertz CT molecular complexity index is 728. The van der Waals surface area contributed by atoms with E-state index in [1.807, 2.05) is 0 Å². The van der Waals surface area contributed by atoms with Gasteiger partial charge in [-0.1, -0.05) is 36.8 Å². The normalized spacial score (nSPS) is 15.1. The topological polar surface area (TPSA) is 67.1 Å². The van der Waals surface area contributed by atoms with Crippen LogP contribution in [0.1, 0.15) is 56.7 Å². The van der Waals surface area contributed by atoms with Crippen molar-refractivity contribution in [3.8, 4) is 0 Å². The van der Waals surface area contributed by atoms with Crippen molar-refractivity contribution in [2.24, 2.45) is 4.99 Å². The van der Waals surface area contributed by atoms with Crippen LogP contribution in [0.15, 0.2) is 35.3 Å². The second kappa shape index (κ2) is 12.0. The highest BCUT2D eigenvalue weighted by molar-refractivity contribution is 14.0. The van der Waals surface area contributed by atoms with Crippen molar-refractivity contribution >= 4 is 29.9 Å². The quantitative estimate of drug-likeness (QED) is 0.349. The summed E-state index contributed by atoms with van der Waals surface area (Å²) in [5.41, 5.74) is 1.37. The SMILES string of the molecule is CCNC(=NCc1nnc2n1CCCCC2)NC(C)CCc1ccccc1.I. The van der Waals surface area contributed by atoms with Gasteiger partial charge in [-0.15, -0.1) is 34.2 Å². The summed E-state index contributed by atoms with van der Waals surface area (Å²) >= 11 is 0. The van der Waals surface area contributed by atoms with Crippen LogP contribution >= 0.6 is 24.0 Å². The highest BCUT2D eigenvalue weighted by Gasteiger charge is 2.14. The maximum absolute atomic E-state index is 4.76. The van der Waals surface area contributed by atoms with Crippen LogP contribution in [0.3, 0.4) is 0 Å². The molecule has 28 heavy (non-hydrogen) atoms. The highest BCUT2D eigenvalue weighted by Crippen LogP contribution is 2.14. The molecule has 1 aromatic heterocycles. The Labute approximate surface area is 185 Å². The fourth-order valence-corrected chi connectivity index (χ4v) is 3.47. The van der Waals surface area contributed by atoms with Crippen LogP contribution < -0.4 is 10.6 Å². The summed E-state index contributed by atoms with van der Waals surface area (Å²) in [6, 6.07) is 11.0. The van der Waals surface area contributed by atoms with Gasteiger partial charge in [0.15, 0.2) is 11.8 Å². The molecule has 2 heterocycles. The molecule has 1 aromatic carbocycles. The summed E-state index contributed by atoms with van der Waals surface area (Å²) < 4.78 is 2.26. The molecular weight excluding hydrogens is 463 g/mol. The predicted octanol–water partition coefficient (Wildman–Crippen LogP) is 3.70. The van der Waals surface area contributed by atoms with Crippen LogP contribution in [0.25, 0.3) is 0 Å². The molecule has 0 amide bonds. The lowest BCUT2D eigenvalue weighted by Gasteiger charge is -2.18. The lowest BCUT2D eigenvalue weighted by molar-refractivity contribution is 0.587. The summed E-state index contributed by atoms with van der Waals surface area (Å²) in [5.74, 6) is 2.94. The number of nitrogens with one attached hydrogen (secondary N) is 2. The van der Waals surface area contributed by atoms with Crippen molar-refractivity contribution < 1.29 is 0 Å². The standard InChI is InChI=1S/C21H32N6.HI/c1-3-22-21(24-17(2)13-14-18-10-6-4-7-11-18)23-16-20-26-25-19-12-8-5-9-15-27(19)20;/h4,6-7,10-11,17H,3,5,8-9,12-16H2,1-2H3,(H2,22,23,24);1H. The minimum Gasteiger partial charge on any atom is -0.357 e. The van der Waals surface area contributed by atoms with Gasteiger partial charge in [0, 0.05) is 25.6 Å². The molecule has 0 fully saturated rings. The Kier molecular flexibility index (Phi) is 9.73. The van der Waals surface area contributed by atoms with Crippen LogP contribution in [-0.2, 0) is 25.9 Å². The van der Waals surface area contributed by atoms with Gasteiger partial charge in [-0.25, -0.2) is 4.99 Å². The van der Waals surface area contributed by atoms with E-state index in [1.54, 1.807) is 0 Å². The van der Waals surface area contributed by atoms with E-state index in [4.69, 9.17) is 4.99 Å². The lowest BCUT2D eigenvalue weighted by Crippen LogP contribution is -2.42. The molecule has 0 saturated carbocycles. The molecular formula is C21H33IN6. The summed E-state index contributed by atoms with van der Waals surface area (Å²) in [4.78, 5) is 4.76. The van der Waals surface area contributed by atoms with Crippen LogP contribution in [0.5, 0.6) is 0 Å². The number of aromatic nitrogens is 3. The Morgan fingerprint density at radius 1 is 1.18 bits per heavy atom. The zero-order chi connectivity index (χ0) is 18.9. The van der Waals surface area contributed by atoms with E-state index in [0.29, 0.717) is 12.6 Å². The van der Waals surface area contributed by atoms with Crippen LogP contribution in [0.2, 0.25) is 0 Å². The summed E-state index contributed by atoms with van der Waals surface area (Å²) in [5, 5.41) is 15.6. The molecule has 1 aliphatic rings. The van der Waals surface area contributed by atoms with Crippen molar-refractivity contribution in [3.63, 3.8) is 0 Å². The van der Waals surface area contributed by atoms with Gasteiger partial charge >= 0.3 is 0 Å². The van der Waals surface area contributed by atoms with Gasteiger partial charge in [-0.2, -0.15) is 0 Å². The molecule has 0 spiro atoms. The zero-order valence-electron chi connectivity index (χ0n) is 17.0. The number of hydrogen-bond acceptors (Lipinski definition) is 3. The van der Waals surface area contributed by atoms with Gasteiger partial charge in [-0.3, -0.25) is 0 Å². The Balaban J connectivity index is 0.00000280. The minimum absolute atomic E-state index is 0. The lowest BCUT2D eigenvalue weighted by atomic mass is 10.1. The molecule has 3 rings (SSSR count). The van der Waals surface area contributed by atoms with Gasteiger partial charge in [-0.05, 0) is 45.1 Å². The molecule has 1 aliphatic heterocycles. The van der Waals surface area contributed by atoms with Crippen molar-refractivity contribution in [1.82, 2.24) is 25.4 Å². The molecule has 1 atom stereocenters. The van der Waals surface area contributed by atoms with E-state index < -0.39 is 0 Å². The van der Waals surface area contributed by atoms with Crippen molar-refractivity contribution in [3.05, 3.63) is 47.5 Å². The minimum atomic E-state index is 0. The number of halogens is 1. The van der Waals surface area contributed by atoms with Crippen molar-refractivity contribution in [2.75, 3.05) is 6.54 Å². The van der Waals surface area contributed by atoms with E-state index >= 15 is 0 Å². The molecule has 2 N–H and O–H groups in total. The van der Waals surface area contributed by atoms with Crippen LogP contribution in [0, 0.1) is 0 Å². The van der Waals surface area contributed by atoms with E-state index in [9.17, 15) is 0 Å². The highest BCUT2D eigenvalue weighted by atomic mass is 127. The number of nitrogens with zero attached hydrogens (tertiary/aromatic N) is 4. The molecule has 7 heteroatoms. The molecule has 154 valence electrons. The number of benzene rings is 1. The average molecular weight is 496 g/mol. The summed E-state index contributed by atoms with van der Waals surface area (Å²) in [7, 11) is 0. The second-order valence-corrected chi connectivity index (χ2v) is 7.26. The van der Waals surface area contributed by atoms with Crippen LogP contribution in [-0.4, -0.2) is 33.3 Å². The Hall–Kier alpha value is -1.64. The monoisotopic (exact) mass is 496 g/mol. The number of guanidine groups is 1. The van der Waals surface area contributed by atoms with E-state index in [-0.39, 0.29) is 24.0 Å². The third-order valence-corrected chi connectivity index (χ3v) is 5.00. The first kappa shape index (κ1) is 22.6. The molecule has 1 unspecified atom stereocenters. The Morgan fingerprint density at radius 3 is 2.79 bits per heavy atom. The number of aliphatic imine (C=N–C) groups is 1. The van der Waals surface area contributed by atoms with E-state index in [0.717, 1.165) is 50.0 Å². The number of aryl methyl sites for hydroxylation is 2. The first-order valence-corrected chi connectivity index (χ1v) is 10.3. The maximum Gasteiger partial charge on any atom is 0.191 e. The summed E-state index contributed by atoms with van der Waals surface area (Å²) in [6.07, 6.45) is 6.85. The zero-order valence-corrected chi connectivity index (χ0v) is 19.4. The second-order valence-electron chi connectivity index (χ2n) is 7.26. The number of rotatable bonds is 7. The average Bonchev–Trinajstić information content (AvgIpc) is 2.91. The molecule has 6 nitrogen and oxygen atoms in total. The number of hydrogen-bond donors (Lipinski definition) is 2. The smallest absolute Gasteiger partial charge is 0.191 e. The molecule has 0 bridgehead atoms.